The molecular weight excluding hydrogens is 1090 g/mol. The van der Waals surface area contributed by atoms with Crippen LogP contribution in [0.5, 0.6) is 86.2 Å². The van der Waals surface area contributed by atoms with Crippen molar-refractivity contribution in [2.45, 2.75) is 30.5 Å². The van der Waals surface area contributed by atoms with Gasteiger partial charge in [0.15, 0.2) is 81.9 Å². The molecule has 0 radical (unpaired) electrons. The summed E-state index contributed by atoms with van der Waals surface area (Å²) >= 11 is 0. The molecule has 436 valence electrons. The standard InChI is InChI=1S/C56H56O26/c1-63-23-16-20-27(41(69-7)37(23)66-4)28-21(17-24(64-2)38(67-5)42(28)70-8)54(60)80-40-26(19-78-52(20)58)79-53(59)22-18-25(65-3)39(68-6)43(71-9)29(22)30-33-31(45(73-11)49(76-14)44(30)72-10)32-34-35(47(75-13)50(77-15)46(32)74-12)36(57)48(81-56(34)62)51(40)82-55(33)61/h16-18,26,36,40,48,51,57H,19H2,1-15H3. The van der Waals surface area contributed by atoms with Crippen LogP contribution in [0.2, 0.25) is 0 Å². The lowest BCUT2D eigenvalue weighted by Gasteiger charge is -2.41. The van der Waals surface area contributed by atoms with Gasteiger partial charge >= 0.3 is 29.8 Å². The molecule has 5 atom stereocenters. The molecule has 5 aliphatic heterocycles. The molecule has 0 saturated heterocycles. The summed E-state index contributed by atoms with van der Waals surface area (Å²) in [5.74, 6) is -9.46. The Morgan fingerprint density at radius 1 is 0.317 bits per heavy atom. The van der Waals surface area contributed by atoms with Gasteiger partial charge in [0.1, 0.15) is 12.7 Å². The first-order chi connectivity index (χ1) is 39.6. The zero-order chi connectivity index (χ0) is 59.3. The molecule has 5 aromatic rings. The number of carbonyl (C=O) groups excluding carboxylic acids is 5. The van der Waals surface area contributed by atoms with Crippen molar-refractivity contribution in [3.8, 4) is 120 Å². The van der Waals surface area contributed by atoms with Crippen LogP contribution in [0.15, 0.2) is 18.2 Å². The van der Waals surface area contributed by atoms with Gasteiger partial charge in [0.25, 0.3) is 0 Å². The van der Waals surface area contributed by atoms with Crippen LogP contribution in [0.4, 0.5) is 0 Å². The van der Waals surface area contributed by atoms with Gasteiger partial charge in [0.2, 0.25) is 28.7 Å². The van der Waals surface area contributed by atoms with E-state index >= 15 is 24.0 Å². The Labute approximate surface area is 467 Å². The summed E-state index contributed by atoms with van der Waals surface area (Å²) < 4.78 is 121. The predicted molar refractivity (Wildman–Crippen MR) is 280 cm³/mol. The Hall–Kier alpha value is -9.59. The molecule has 1 N–H and O–H groups in total. The molecule has 0 amide bonds. The second kappa shape index (κ2) is 22.5. The summed E-state index contributed by atoms with van der Waals surface area (Å²) in [6, 6.07) is 3.61. The topological polar surface area (TPSA) is 290 Å². The smallest absolute Gasteiger partial charge is 0.340 e. The van der Waals surface area contributed by atoms with E-state index in [2.05, 4.69) is 0 Å². The number of carbonyl (C=O) groups is 5. The first kappa shape index (κ1) is 57.1. The first-order valence-corrected chi connectivity index (χ1v) is 24.5. The molecule has 0 fully saturated rings. The highest BCUT2D eigenvalue weighted by atomic mass is 16.7. The molecule has 5 unspecified atom stereocenters. The van der Waals surface area contributed by atoms with Gasteiger partial charge in [-0.2, -0.15) is 0 Å². The van der Waals surface area contributed by atoms with Crippen LogP contribution in [0, 0.1) is 0 Å². The number of hydrogen-bond acceptors (Lipinski definition) is 26. The van der Waals surface area contributed by atoms with E-state index in [1.807, 2.05) is 0 Å². The molecule has 5 aliphatic rings. The van der Waals surface area contributed by atoms with Crippen LogP contribution in [0.1, 0.15) is 63.5 Å². The van der Waals surface area contributed by atoms with E-state index in [9.17, 15) is 5.11 Å². The van der Waals surface area contributed by atoms with Crippen LogP contribution in [-0.4, -0.2) is 173 Å². The molecule has 0 aromatic heterocycles. The summed E-state index contributed by atoms with van der Waals surface area (Å²) in [6.07, 6.45) is -11.1. The first-order valence-electron chi connectivity index (χ1n) is 24.5. The molecule has 26 heteroatoms. The average Bonchev–Trinajstić information content (AvgIpc) is 1.21. The predicted octanol–water partition coefficient (Wildman–Crippen LogP) is 5.86. The van der Waals surface area contributed by atoms with E-state index in [0.29, 0.717) is 0 Å². The molecular formula is C56H56O26. The van der Waals surface area contributed by atoms with Gasteiger partial charge in [-0.15, -0.1) is 0 Å². The zero-order valence-corrected chi connectivity index (χ0v) is 47.0. The number of fused-ring (bicyclic) bond motifs is 7. The Morgan fingerprint density at radius 3 is 1.05 bits per heavy atom. The highest BCUT2D eigenvalue weighted by molar-refractivity contribution is 6.17. The van der Waals surface area contributed by atoms with Crippen LogP contribution in [0.25, 0.3) is 33.4 Å². The largest absolute Gasteiger partial charge is 0.493 e. The lowest BCUT2D eigenvalue weighted by Crippen LogP contribution is -2.56. The Morgan fingerprint density at radius 2 is 0.634 bits per heavy atom. The highest BCUT2D eigenvalue weighted by Gasteiger charge is 2.56. The van der Waals surface area contributed by atoms with Gasteiger partial charge < -0.3 is 99.8 Å². The van der Waals surface area contributed by atoms with Crippen molar-refractivity contribution in [2.24, 2.45) is 0 Å². The van der Waals surface area contributed by atoms with Gasteiger partial charge in [0, 0.05) is 38.9 Å². The van der Waals surface area contributed by atoms with E-state index in [0.717, 1.165) is 0 Å². The third-order valence-corrected chi connectivity index (χ3v) is 14.3. The lowest BCUT2D eigenvalue weighted by atomic mass is 9.80. The number of aliphatic hydroxyl groups excluding tert-OH is 1. The number of esters is 5. The van der Waals surface area contributed by atoms with Crippen LogP contribution in [0.3, 0.4) is 0 Å². The molecule has 82 heavy (non-hydrogen) atoms. The van der Waals surface area contributed by atoms with Crippen molar-refractivity contribution in [1.82, 2.24) is 0 Å². The minimum Gasteiger partial charge on any atom is -0.493 e. The van der Waals surface area contributed by atoms with E-state index in [4.69, 9.17) is 94.7 Å². The maximum Gasteiger partial charge on any atom is 0.340 e. The van der Waals surface area contributed by atoms with E-state index < -0.39 is 89.2 Å². The van der Waals surface area contributed by atoms with Crippen molar-refractivity contribution < 1.29 is 124 Å². The average molecular weight is 1150 g/mol. The SMILES string of the molecule is COc1cc2c(c(OC)c1OC)-c1c(cc(OC)c(OC)c1OC)C(=O)OC1C(COC2=O)OC(=O)c2cc(OC)c(OC)c(OC)c2-c2c(OC)c(OC)c(OC)c3c2C(=O)OC1C1OC(=O)c2c-3c(OC)c(OC)c(OC)c2C1O. The fourth-order valence-electron chi connectivity index (χ4n) is 11.0. The van der Waals surface area contributed by atoms with E-state index in [1.165, 1.54) is 125 Å². The van der Waals surface area contributed by atoms with Gasteiger partial charge in [-0.05, 0) is 18.2 Å². The van der Waals surface area contributed by atoms with E-state index in [1.54, 1.807) is 0 Å². The summed E-state index contributed by atoms with van der Waals surface area (Å²) in [5, 5.41) is 13.0. The second-order valence-corrected chi connectivity index (χ2v) is 17.8. The quantitative estimate of drug-likeness (QED) is 0.0948. The minimum absolute atomic E-state index is 0.0556. The maximum absolute atomic E-state index is 16.4. The molecule has 0 aliphatic carbocycles. The number of hydrogen-bond donors (Lipinski definition) is 1. The van der Waals surface area contributed by atoms with Gasteiger partial charge in [-0.3, -0.25) is 0 Å². The van der Waals surface area contributed by atoms with Crippen molar-refractivity contribution in [3.05, 3.63) is 51.6 Å². The van der Waals surface area contributed by atoms with Gasteiger partial charge in [0.05, 0.1) is 134 Å². The van der Waals surface area contributed by atoms with Crippen molar-refractivity contribution in [3.63, 3.8) is 0 Å². The Bertz CT molecular complexity index is 3470. The summed E-state index contributed by atoms with van der Waals surface area (Å²) in [5.41, 5.74) is -4.50. The van der Waals surface area contributed by atoms with Crippen LogP contribution >= 0.6 is 0 Å². The van der Waals surface area contributed by atoms with Crippen molar-refractivity contribution in [1.29, 1.82) is 0 Å². The number of aliphatic hydroxyl groups is 1. The number of cyclic esters (lactones) is 1. The second-order valence-electron chi connectivity index (χ2n) is 17.8. The molecule has 0 saturated carbocycles. The number of methoxy groups -OCH3 is 15. The molecule has 5 aromatic carbocycles. The summed E-state index contributed by atoms with van der Waals surface area (Å²) in [6.45, 7) is -1.08. The summed E-state index contributed by atoms with van der Waals surface area (Å²) in [4.78, 5) is 78.7. The number of benzene rings is 5. The molecule has 0 spiro atoms. The van der Waals surface area contributed by atoms with E-state index in [-0.39, 0.29) is 131 Å². The fraction of sp³-hybridized carbons (Fsp3) is 0.375. The zero-order valence-electron chi connectivity index (χ0n) is 47.0. The third kappa shape index (κ3) is 8.36. The Balaban J connectivity index is 1.51. The van der Waals surface area contributed by atoms with Gasteiger partial charge in [-0.1, -0.05) is 0 Å². The van der Waals surface area contributed by atoms with Crippen molar-refractivity contribution >= 4 is 29.8 Å². The fourth-order valence-corrected chi connectivity index (χ4v) is 11.0. The third-order valence-electron chi connectivity index (χ3n) is 14.3. The monoisotopic (exact) mass is 1140 g/mol. The highest BCUT2D eigenvalue weighted by Crippen LogP contribution is 2.63. The van der Waals surface area contributed by atoms with Gasteiger partial charge in [-0.25, -0.2) is 24.0 Å². The molecule has 26 nitrogen and oxygen atoms in total. The van der Waals surface area contributed by atoms with Crippen LogP contribution in [-0.2, 0) is 23.7 Å². The molecule has 10 rings (SSSR count). The minimum atomic E-state index is -2.32. The van der Waals surface area contributed by atoms with Crippen LogP contribution < -0.4 is 71.1 Å². The van der Waals surface area contributed by atoms with Crippen molar-refractivity contribution in [2.75, 3.05) is 113 Å². The molecule has 5 heterocycles. The molecule has 6 bridgehead atoms. The Kier molecular flexibility index (Phi) is 15.7. The summed E-state index contributed by atoms with van der Waals surface area (Å²) in [7, 11) is 18.8. The maximum atomic E-state index is 16.4. The normalized spacial score (nSPS) is 18.4. The number of ether oxygens (including phenoxy) is 20. The lowest BCUT2D eigenvalue weighted by molar-refractivity contribution is -0.154. The number of rotatable bonds is 15.